The van der Waals surface area contributed by atoms with Crippen LogP contribution in [0.15, 0.2) is 84.9 Å². The summed E-state index contributed by atoms with van der Waals surface area (Å²) in [6, 6.07) is 11.6. The van der Waals surface area contributed by atoms with E-state index in [9.17, 15) is 18.0 Å². The maximum Gasteiger partial charge on any atom is 0.331 e. The lowest BCUT2D eigenvalue weighted by Crippen LogP contribution is -2.33. The average Bonchev–Trinajstić information content (AvgIpc) is 3.64. The van der Waals surface area contributed by atoms with Gasteiger partial charge in [0.2, 0.25) is 0 Å². The molecule has 2 aliphatic heterocycles. The molecule has 2 atom stereocenters. The summed E-state index contributed by atoms with van der Waals surface area (Å²) in [4.78, 5) is 29.7. The van der Waals surface area contributed by atoms with Crippen LogP contribution in [0, 0.1) is 0 Å². The maximum absolute atomic E-state index is 12.9. The van der Waals surface area contributed by atoms with Gasteiger partial charge in [-0.05, 0) is 43.3 Å². The normalized spacial score (nSPS) is 20.3. The van der Waals surface area contributed by atoms with E-state index in [1.165, 1.54) is 30.5 Å². The van der Waals surface area contributed by atoms with Crippen molar-refractivity contribution < 1.29 is 31.6 Å². The van der Waals surface area contributed by atoms with E-state index in [0.717, 1.165) is 0 Å². The zero-order valence-corrected chi connectivity index (χ0v) is 19.3. The number of amides is 1. The predicted octanol–water partition coefficient (Wildman–Crippen LogP) is 2.22. The fourth-order valence-electron chi connectivity index (χ4n) is 3.83. The lowest BCUT2D eigenvalue weighted by Gasteiger charge is -2.20. The van der Waals surface area contributed by atoms with Gasteiger partial charge in [0.15, 0.2) is 6.61 Å². The molecule has 2 aliphatic rings. The third kappa shape index (κ3) is 4.35. The topological polar surface area (TPSA) is 144 Å². The molecule has 12 heteroatoms. The van der Waals surface area contributed by atoms with Crippen molar-refractivity contribution in [3.63, 3.8) is 0 Å². The first-order valence-electron chi connectivity index (χ1n) is 10.7. The zero-order chi connectivity index (χ0) is 24.6. The number of amidine groups is 1. The van der Waals surface area contributed by atoms with Crippen LogP contribution in [0.2, 0.25) is 0 Å². The molecule has 1 N–H and O–H groups in total. The summed E-state index contributed by atoms with van der Waals surface area (Å²) in [6.45, 7) is 0.867. The number of aliphatic imine (C=N–C) groups is 1. The third-order valence-corrected chi connectivity index (χ3v) is 6.90. The van der Waals surface area contributed by atoms with Crippen LogP contribution in [0.4, 0.5) is 0 Å². The molecule has 180 valence electrons. The van der Waals surface area contributed by atoms with E-state index in [0.29, 0.717) is 29.2 Å². The summed E-state index contributed by atoms with van der Waals surface area (Å²) >= 11 is 0. The molecule has 35 heavy (non-hydrogen) atoms. The van der Waals surface area contributed by atoms with Crippen LogP contribution < -0.4 is 4.72 Å². The number of carbonyl (C=O) groups excluding carboxylic acids is 2. The van der Waals surface area contributed by atoms with Crippen LogP contribution >= 0.6 is 0 Å². The summed E-state index contributed by atoms with van der Waals surface area (Å²) in [7, 11) is -3.74. The van der Waals surface area contributed by atoms with Gasteiger partial charge in [-0.25, -0.2) is 18.2 Å². The summed E-state index contributed by atoms with van der Waals surface area (Å²) in [5.41, 5.74) is 0.921. The Balaban J connectivity index is 1.28. The highest BCUT2D eigenvalue weighted by atomic mass is 32.2. The van der Waals surface area contributed by atoms with E-state index < -0.39 is 40.6 Å². The average molecular weight is 497 g/mol. The first-order valence-corrected chi connectivity index (χ1v) is 12.2. The van der Waals surface area contributed by atoms with Crippen molar-refractivity contribution in [3.8, 4) is 0 Å². The van der Waals surface area contributed by atoms with Crippen molar-refractivity contribution in [1.29, 1.82) is 0 Å². The summed E-state index contributed by atoms with van der Waals surface area (Å²) in [5, 5.41) is 5.58. The summed E-state index contributed by atoms with van der Waals surface area (Å²) < 4.78 is 42.8. The Kier molecular flexibility index (Phi) is 5.73. The van der Waals surface area contributed by atoms with Gasteiger partial charge in [-0.15, -0.1) is 0 Å². The van der Waals surface area contributed by atoms with Gasteiger partial charge in [-0.2, -0.15) is 5.10 Å². The molecule has 0 saturated carbocycles. The molecule has 0 saturated heterocycles. The number of fused-ring (bicyclic) bond motifs is 1. The molecule has 3 aromatic rings. The standard InChI is InChI=1S/C23H20N4O7S/c1-14(24-22-15-6-2-3-9-20(15)35(30,31)26-22)23(29)34-13-21(28)27-17(19-8-5-11-33-19)12-16(25-27)18-7-4-10-32-18/h2-11,14,17H,12-13H2,1H3,(H,24,26). The second-order valence-corrected chi connectivity index (χ2v) is 9.51. The molecule has 1 aromatic carbocycles. The number of rotatable bonds is 6. The van der Waals surface area contributed by atoms with Crippen LogP contribution in [0.3, 0.4) is 0 Å². The van der Waals surface area contributed by atoms with Gasteiger partial charge < -0.3 is 13.6 Å². The van der Waals surface area contributed by atoms with Crippen molar-refractivity contribution in [1.82, 2.24) is 9.73 Å². The van der Waals surface area contributed by atoms with E-state index in [2.05, 4.69) is 14.8 Å². The minimum absolute atomic E-state index is 0.0430. The number of furan rings is 2. The van der Waals surface area contributed by atoms with Crippen LogP contribution in [-0.4, -0.2) is 49.5 Å². The highest BCUT2D eigenvalue weighted by Gasteiger charge is 2.36. The van der Waals surface area contributed by atoms with Gasteiger partial charge >= 0.3 is 5.97 Å². The van der Waals surface area contributed by atoms with E-state index in [-0.39, 0.29) is 10.7 Å². The lowest BCUT2D eigenvalue weighted by molar-refractivity contribution is -0.153. The summed E-state index contributed by atoms with van der Waals surface area (Å²) in [5.74, 6) is -0.257. The number of ether oxygens (including phenoxy) is 1. The van der Waals surface area contributed by atoms with Crippen molar-refractivity contribution in [2.75, 3.05) is 6.61 Å². The Morgan fingerprint density at radius 2 is 1.94 bits per heavy atom. The molecule has 2 unspecified atom stereocenters. The highest BCUT2D eigenvalue weighted by Crippen LogP contribution is 2.33. The molecular weight excluding hydrogens is 476 g/mol. The Hall–Kier alpha value is -4.19. The lowest BCUT2D eigenvalue weighted by atomic mass is 10.1. The first kappa shape index (κ1) is 22.6. The quantitative estimate of drug-likeness (QED) is 0.515. The number of esters is 1. The molecule has 11 nitrogen and oxygen atoms in total. The largest absolute Gasteiger partial charge is 0.467 e. The molecule has 0 aliphatic carbocycles. The minimum Gasteiger partial charge on any atom is -0.467 e. The molecule has 0 fully saturated rings. The second kappa shape index (κ2) is 8.87. The fourth-order valence-corrected chi connectivity index (χ4v) is 5.07. The number of hydrogen-bond acceptors (Lipinski definition) is 9. The maximum atomic E-state index is 12.9. The van der Waals surface area contributed by atoms with Gasteiger partial charge in [-0.1, -0.05) is 12.1 Å². The van der Waals surface area contributed by atoms with E-state index in [4.69, 9.17) is 13.6 Å². The van der Waals surface area contributed by atoms with E-state index in [1.54, 1.807) is 42.5 Å². The molecule has 4 heterocycles. The van der Waals surface area contributed by atoms with Gasteiger partial charge in [0, 0.05) is 12.0 Å². The molecular formula is C23H20N4O7S. The number of nitrogens with one attached hydrogen (secondary N) is 1. The van der Waals surface area contributed by atoms with E-state index >= 15 is 0 Å². The number of benzene rings is 1. The van der Waals surface area contributed by atoms with Gasteiger partial charge in [0.25, 0.3) is 15.9 Å². The number of carbonyl (C=O) groups is 2. The molecule has 0 radical (unpaired) electrons. The van der Waals surface area contributed by atoms with Crippen LogP contribution in [0.25, 0.3) is 0 Å². The Morgan fingerprint density at radius 3 is 2.69 bits per heavy atom. The van der Waals surface area contributed by atoms with Crippen molar-refractivity contribution in [3.05, 3.63) is 78.1 Å². The molecule has 2 aromatic heterocycles. The van der Waals surface area contributed by atoms with Crippen molar-refractivity contribution in [2.24, 2.45) is 10.1 Å². The van der Waals surface area contributed by atoms with Crippen LogP contribution in [0.5, 0.6) is 0 Å². The Labute approximate surface area is 200 Å². The molecule has 0 spiro atoms. The third-order valence-electron chi connectivity index (χ3n) is 5.51. The SMILES string of the molecule is CC(N=C1NS(=O)(=O)c2ccccc21)C(=O)OCC(=O)N1N=C(c2ccco2)CC1c1ccco1. The number of hydrogen-bond donors (Lipinski definition) is 1. The smallest absolute Gasteiger partial charge is 0.331 e. The van der Waals surface area contributed by atoms with Crippen LogP contribution in [-0.2, 0) is 24.3 Å². The second-order valence-electron chi connectivity index (χ2n) is 7.86. The zero-order valence-electron chi connectivity index (χ0n) is 18.5. The fraction of sp³-hybridized carbons (Fsp3) is 0.217. The van der Waals surface area contributed by atoms with Crippen molar-refractivity contribution >= 4 is 33.4 Å². The molecule has 0 bridgehead atoms. The van der Waals surface area contributed by atoms with E-state index in [1.807, 2.05) is 0 Å². The predicted molar refractivity (Wildman–Crippen MR) is 122 cm³/mol. The van der Waals surface area contributed by atoms with Gasteiger partial charge in [0.05, 0.1) is 17.4 Å². The first-order chi connectivity index (χ1) is 16.8. The van der Waals surface area contributed by atoms with Crippen molar-refractivity contribution in [2.45, 2.75) is 30.3 Å². The summed E-state index contributed by atoms with van der Waals surface area (Å²) in [6.07, 6.45) is 3.38. The minimum atomic E-state index is -3.74. The monoisotopic (exact) mass is 496 g/mol. The van der Waals surface area contributed by atoms with Gasteiger partial charge in [0.1, 0.15) is 35.2 Å². The Bertz CT molecular complexity index is 1430. The number of nitrogens with zero attached hydrogens (tertiary/aromatic N) is 3. The number of sulfonamides is 1. The molecule has 1 amide bonds. The Morgan fingerprint density at radius 1 is 1.17 bits per heavy atom. The van der Waals surface area contributed by atoms with Gasteiger partial charge in [-0.3, -0.25) is 14.5 Å². The highest BCUT2D eigenvalue weighted by molar-refractivity contribution is 7.90. The number of hydrazone groups is 1. The molecule has 5 rings (SSSR count). The van der Waals surface area contributed by atoms with Crippen LogP contribution in [0.1, 0.15) is 36.5 Å².